The van der Waals surface area contributed by atoms with Gasteiger partial charge in [-0.25, -0.2) is 0 Å². The molecule has 3 rings (SSSR count). The van der Waals surface area contributed by atoms with Crippen LogP contribution in [0, 0.1) is 0 Å². The minimum Gasteiger partial charge on any atom is -0.369 e. The number of piperazine rings is 1. The van der Waals surface area contributed by atoms with Gasteiger partial charge in [-0.15, -0.1) is 0 Å². The van der Waals surface area contributed by atoms with Crippen LogP contribution in [0.4, 0.5) is 5.69 Å². The molecule has 1 amide bonds. The molecule has 0 aromatic heterocycles. The van der Waals surface area contributed by atoms with E-state index in [-0.39, 0.29) is 5.91 Å². The molecule has 2 aromatic carbocycles. The van der Waals surface area contributed by atoms with Crippen LogP contribution in [0.15, 0.2) is 60.7 Å². The molecule has 0 aliphatic carbocycles. The summed E-state index contributed by atoms with van der Waals surface area (Å²) < 4.78 is 5.70. The quantitative estimate of drug-likeness (QED) is 0.764. The van der Waals surface area contributed by atoms with Gasteiger partial charge in [0.25, 0.3) is 0 Å². The van der Waals surface area contributed by atoms with Gasteiger partial charge in [-0.2, -0.15) is 0 Å². The first-order valence-electron chi connectivity index (χ1n) is 10.1. The second-order valence-electron chi connectivity index (χ2n) is 7.39. The average Bonchev–Trinajstić information content (AvgIpc) is 2.77. The van der Waals surface area contributed by atoms with Crippen molar-refractivity contribution in [1.29, 1.82) is 0 Å². The minimum absolute atomic E-state index is 0.0503. The average molecular weight is 382 g/mol. The van der Waals surface area contributed by atoms with Crippen molar-refractivity contribution in [2.45, 2.75) is 32.6 Å². The zero-order chi connectivity index (χ0) is 19.8. The molecule has 0 bridgehead atoms. The van der Waals surface area contributed by atoms with Crippen molar-refractivity contribution < 1.29 is 9.53 Å². The van der Waals surface area contributed by atoms with E-state index in [4.69, 9.17) is 4.74 Å². The number of benzene rings is 2. The third-order valence-corrected chi connectivity index (χ3v) is 5.34. The number of hydrogen-bond acceptors (Lipinski definition) is 4. The predicted molar refractivity (Wildman–Crippen MR) is 113 cm³/mol. The summed E-state index contributed by atoms with van der Waals surface area (Å²) in [6.45, 7) is 9.11. The number of rotatable bonds is 8. The standard InChI is InChI=1S/C23H31N3O2/c1-19(25-13-15-26(16-14-25)22-11-7-4-8-12-22)17-24-23(27)20(2)28-18-21-9-5-3-6-10-21/h3-12,19-20H,13-18H2,1-2H3,(H,24,27)/t19-,20+/m1/s1. The first-order valence-corrected chi connectivity index (χ1v) is 10.1. The summed E-state index contributed by atoms with van der Waals surface area (Å²) >= 11 is 0. The molecule has 2 aromatic rings. The molecule has 0 radical (unpaired) electrons. The number of amides is 1. The summed E-state index contributed by atoms with van der Waals surface area (Å²) in [5.41, 5.74) is 2.36. The van der Waals surface area contributed by atoms with Gasteiger partial charge in [0.1, 0.15) is 6.10 Å². The normalized spacial score (nSPS) is 17.1. The molecule has 28 heavy (non-hydrogen) atoms. The summed E-state index contributed by atoms with van der Waals surface area (Å²) in [5.74, 6) is -0.0503. The van der Waals surface area contributed by atoms with E-state index < -0.39 is 6.10 Å². The zero-order valence-corrected chi connectivity index (χ0v) is 16.9. The molecular weight excluding hydrogens is 350 g/mol. The maximum absolute atomic E-state index is 12.3. The summed E-state index contributed by atoms with van der Waals surface area (Å²) in [5, 5.41) is 3.04. The van der Waals surface area contributed by atoms with E-state index in [9.17, 15) is 4.79 Å². The lowest BCUT2D eigenvalue weighted by Crippen LogP contribution is -2.53. The molecule has 1 aliphatic heterocycles. The van der Waals surface area contributed by atoms with Crippen LogP contribution >= 0.6 is 0 Å². The van der Waals surface area contributed by atoms with Gasteiger partial charge in [-0.1, -0.05) is 48.5 Å². The summed E-state index contributed by atoms with van der Waals surface area (Å²) in [4.78, 5) is 17.2. The van der Waals surface area contributed by atoms with Gasteiger partial charge in [0.15, 0.2) is 0 Å². The number of nitrogens with one attached hydrogen (secondary N) is 1. The Morgan fingerprint density at radius 1 is 0.964 bits per heavy atom. The molecule has 5 heteroatoms. The topological polar surface area (TPSA) is 44.8 Å². The Hall–Kier alpha value is -2.37. The van der Waals surface area contributed by atoms with E-state index in [0.717, 1.165) is 31.7 Å². The molecule has 1 saturated heterocycles. The third-order valence-electron chi connectivity index (χ3n) is 5.34. The van der Waals surface area contributed by atoms with Crippen LogP contribution in [0.2, 0.25) is 0 Å². The van der Waals surface area contributed by atoms with E-state index in [1.807, 2.05) is 37.3 Å². The Bertz CT molecular complexity index is 715. The van der Waals surface area contributed by atoms with Crippen LogP contribution in [0.3, 0.4) is 0 Å². The maximum atomic E-state index is 12.3. The fourth-order valence-electron chi connectivity index (χ4n) is 3.45. The minimum atomic E-state index is -0.456. The Morgan fingerprint density at radius 3 is 2.21 bits per heavy atom. The highest BCUT2D eigenvalue weighted by atomic mass is 16.5. The van der Waals surface area contributed by atoms with Crippen molar-refractivity contribution in [3.05, 3.63) is 66.2 Å². The number of ether oxygens (including phenoxy) is 1. The molecule has 1 fully saturated rings. The van der Waals surface area contributed by atoms with E-state index in [2.05, 4.69) is 52.4 Å². The van der Waals surface area contributed by atoms with E-state index in [1.165, 1.54) is 5.69 Å². The fraction of sp³-hybridized carbons (Fsp3) is 0.435. The van der Waals surface area contributed by atoms with E-state index in [0.29, 0.717) is 19.2 Å². The lowest BCUT2D eigenvalue weighted by Gasteiger charge is -2.39. The first kappa shape index (κ1) is 20.4. The van der Waals surface area contributed by atoms with Crippen LogP contribution in [0.1, 0.15) is 19.4 Å². The molecular formula is C23H31N3O2. The highest BCUT2D eigenvalue weighted by molar-refractivity contribution is 5.80. The number of para-hydroxylation sites is 1. The third kappa shape index (κ3) is 5.81. The number of carbonyl (C=O) groups is 1. The highest BCUT2D eigenvalue weighted by Gasteiger charge is 2.22. The molecule has 0 saturated carbocycles. The lowest BCUT2D eigenvalue weighted by atomic mass is 10.2. The molecule has 0 spiro atoms. The van der Waals surface area contributed by atoms with Gasteiger partial charge < -0.3 is 15.0 Å². The number of carbonyl (C=O) groups excluding carboxylic acids is 1. The van der Waals surface area contributed by atoms with Gasteiger partial charge in [0.2, 0.25) is 5.91 Å². The van der Waals surface area contributed by atoms with E-state index in [1.54, 1.807) is 0 Å². The van der Waals surface area contributed by atoms with Crippen molar-refractivity contribution in [2.75, 3.05) is 37.6 Å². The summed E-state index contributed by atoms with van der Waals surface area (Å²) in [6, 6.07) is 20.8. The summed E-state index contributed by atoms with van der Waals surface area (Å²) in [7, 11) is 0. The van der Waals surface area contributed by atoms with Gasteiger partial charge in [-0.3, -0.25) is 9.69 Å². The van der Waals surface area contributed by atoms with Crippen molar-refractivity contribution >= 4 is 11.6 Å². The van der Waals surface area contributed by atoms with E-state index >= 15 is 0 Å². The maximum Gasteiger partial charge on any atom is 0.248 e. The van der Waals surface area contributed by atoms with Gasteiger partial charge >= 0.3 is 0 Å². The Kier molecular flexibility index (Phi) is 7.46. The molecule has 150 valence electrons. The largest absolute Gasteiger partial charge is 0.369 e. The fourth-order valence-corrected chi connectivity index (χ4v) is 3.45. The molecule has 0 unspecified atom stereocenters. The Labute approximate surface area is 168 Å². The van der Waals surface area contributed by atoms with Crippen LogP contribution in [0.5, 0.6) is 0 Å². The monoisotopic (exact) mass is 381 g/mol. The number of hydrogen-bond donors (Lipinski definition) is 1. The van der Waals surface area contributed by atoms with Crippen LogP contribution in [-0.4, -0.2) is 55.7 Å². The number of anilines is 1. The molecule has 1 heterocycles. The lowest BCUT2D eigenvalue weighted by molar-refractivity contribution is -0.132. The molecule has 1 aliphatic rings. The molecule has 2 atom stereocenters. The number of nitrogens with zero attached hydrogens (tertiary/aromatic N) is 2. The molecule has 5 nitrogen and oxygen atoms in total. The highest BCUT2D eigenvalue weighted by Crippen LogP contribution is 2.16. The van der Waals surface area contributed by atoms with Crippen molar-refractivity contribution in [2.24, 2.45) is 0 Å². The van der Waals surface area contributed by atoms with Crippen molar-refractivity contribution in [3.63, 3.8) is 0 Å². The SMILES string of the molecule is C[C@H](OCc1ccccc1)C(=O)NC[C@@H](C)N1CCN(c2ccccc2)CC1. The van der Waals surface area contributed by atoms with Crippen molar-refractivity contribution in [1.82, 2.24) is 10.2 Å². The van der Waals surface area contributed by atoms with Crippen LogP contribution < -0.4 is 10.2 Å². The second-order valence-corrected chi connectivity index (χ2v) is 7.39. The molecule has 1 N–H and O–H groups in total. The van der Waals surface area contributed by atoms with Gasteiger partial charge in [0.05, 0.1) is 6.61 Å². The van der Waals surface area contributed by atoms with Crippen LogP contribution in [-0.2, 0) is 16.1 Å². The zero-order valence-electron chi connectivity index (χ0n) is 16.9. The predicted octanol–water partition coefficient (Wildman–Crippen LogP) is 2.92. The Balaban J connectivity index is 1.36. The Morgan fingerprint density at radius 2 is 1.57 bits per heavy atom. The summed E-state index contributed by atoms with van der Waals surface area (Å²) in [6.07, 6.45) is -0.456. The van der Waals surface area contributed by atoms with Gasteiger partial charge in [0, 0.05) is 44.5 Å². The van der Waals surface area contributed by atoms with Gasteiger partial charge in [-0.05, 0) is 31.5 Å². The smallest absolute Gasteiger partial charge is 0.248 e. The van der Waals surface area contributed by atoms with Crippen molar-refractivity contribution in [3.8, 4) is 0 Å². The first-order chi connectivity index (χ1) is 13.6. The second kappa shape index (κ2) is 10.2. The van der Waals surface area contributed by atoms with Crippen LogP contribution in [0.25, 0.3) is 0 Å².